The molecule has 1 saturated heterocycles. The van der Waals surface area contributed by atoms with Crippen LogP contribution in [0.15, 0.2) is 34.1 Å². The van der Waals surface area contributed by atoms with Crippen LogP contribution < -0.4 is 16.8 Å². The van der Waals surface area contributed by atoms with Gasteiger partial charge in [-0.15, -0.1) is 11.8 Å². The number of rotatable bonds is 7. The van der Waals surface area contributed by atoms with E-state index in [2.05, 4.69) is 5.32 Å². The number of benzene rings is 1. The topological polar surface area (TPSA) is 159 Å². The monoisotopic (exact) mass is 415 g/mol. The van der Waals surface area contributed by atoms with Crippen LogP contribution in [0.3, 0.4) is 0 Å². The molecule has 0 saturated carbocycles. The highest BCUT2D eigenvalue weighted by Gasteiger charge is 2.50. The fourth-order valence-electron chi connectivity index (χ4n) is 2.71. The molecule has 1 aromatic carbocycles. The number of primary amides is 2. The number of thioether (sulfide) groups is 1. The molecule has 0 radical (unpaired) electrons. The predicted molar refractivity (Wildman–Crippen MR) is 98.5 cm³/mol. The van der Waals surface area contributed by atoms with Crippen molar-refractivity contribution in [1.82, 2.24) is 5.32 Å². The van der Waals surface area contributed by atoms with Gasteiger partial charge in [-0.2, -0.15) is 0 Å². The van der Waals surface area contributed by atoms with Gasteiger partial charge in [-0.3, -0.25) is 14.4 Å². The third-order valence-electron chi connectivity index (χ3n) is 4.28. The molecular weight excluding hydrogens is 394 g/mol. The van der Waals surface area contributed by atoms with Crippen molar-refractivity contribution in [3.63, 3.8) is 0 Å². The minimum atomic E-state index is -3.96. The van der Waals surface area contributed by atoms with Gasteiger partial charge in [0.15, 0.2) is 14.6 Å². The Morgan fingerprint density at radius 2 is 1.70 bits per heavy atom. The number of nitrogens with one attached hydrogen (secondary N) is 1. The van der Waals surface area contributed by atoms with Gasteiger partial charge in [0, 0.05) is 30.4 Å². The highest BCUT2D eigenvalue weighted by atomic mass is 32.2. The van der Waals surface area contributed by atoms with Gasteiger partial charge in [0.1, 0.15) is 0 Å². The predicted octanol–water partition coefficient (Wildman–Crippen LogP) is -0.812. The molecule has 9 nitrogen and oxygen atoms in total. The number of amides is 3. The molecule has 148 valence electrons. The van der Waals surface area contributed by atoms with Crippen molar-refractivity contribution in [2.24, 2.45) is 11.5 Å². The minimum absolute atomic E-state index is 0.0228. The molecule has 5 N–H and O–H groups in total. The summed E-state index contributed by atoms with van der Waals surface area (Å²) in [4.78, 5) is 34.4. The Labute approximate surface area is 161 Å². The van der Waals surface area contributed by atoms with Gasteiger partial charge in [0.2, 0.25) is 5.91 Å². The molecule has 0 unspecified atom stereocenters. The Bertz CT molecular complexity index is 817. The van der Waals surface area contributed by atoms with Crippen molar-refractivity contribution in [2.45, 2.75) is 27.4 Å². The lowest BCUT2D eigenvalue weighted by molar-refractivity contribution is -0.137. The molecule has 2 rings (SSSR count). The van der Waals surface area contributed by atoms with E-state index < -0.39 is 32.3 Å². The van der Waals surface area contributed by atoms with Gasteiger partial charge in [-0.25, -0.2) is 8.42 Å². The SMILES string of the molecule is NC(=O)C(=O)NCCSc1ccc(S(=O)(=O)C2(C(N)=O)CCOCC2)cc1. The Kier molecular flexibility index (Phi) is 6.84. The zero-order chi connectivity index (χ0) is 20.1. The van der Waals surface area contributed by atoms with Gasteiger partial charge in [0.05, 0.1) is 4.90 Å². The normalized spacial score (nSPS) is 16.4. The number of carbonyl (C=O) groups is 3. The second kappa shape index (κ2) is 8.72. The standard InChI is InChI=1S/C16H21N3O6S2/c17-13(20)14(21)19-7-10-26-11-1-3-12(4-2-11)27(23,24)16(15(18)22)5-8-25-9-6-16/h1-4H,5-10H2,(H2,17,20)(H2,18,22)(H,19,21). The Morgan fingerprint density at radius 1 is 1.11 bits per heavy atom. The molecule has 3 amide bonds. The van der Waals surface area contributed by atoms with Crippen LogP contribution in [0.1, 0.15) is 12.8 Å². The smallest absolute Gasteiger partial charge is 0.309 e. The zero-order valence-electron chi connectivity index (χ0n) is 14.5. The molecule has 1 aliphatic rings. The van der Waals surface area contributed by atoms with E-state index in [1.807, 2.05) is 0 Å². The number of sulfone groups is 1. The minimum Gasteiger partial charge on any atom is -0.381 e. The number of carbonyl (C=O) groups excluding carboxylic acids is 3. The second-order valence-corrected chi connectivity index (χ2v) is 9.34. The maximum Gasteiger partial charge on any atom is 0.309 e. The molecule has 0 atom stereocenters. The van der Waals surface area contributed by atoms with E-state index in [0.29, 0.717) is 5.75 Å². The maximum atomic E-state index is 13.0. The van der Waals surface area contributed by atoms with Crippen molar-refractivity contribution in [3.8, 4) is 0 Å². The lowest BCUT2D eigenvalue weighted by atomic mass is 9.98. The van der Waals surface area contributed by atoms with Crippen molar-refractivity contribution in [1.29, 1.82) is 0 Å². The highest BCUT2D eigenvalue weighted by molar-refractivity contribution is 7.99. The van der Waals surface area contributed by atoms with E-state index in [4.69, 9.17) is 16.2 Å². The Balaban J connectivity index is 2.06. The Morgan fingerprint density at radius 3 is 2.22 bits per heavy atom. The molecule has 1 aliphatic heterocycles. The van der Waals surface area contributed by atoms with E-state index in [1.54, 1.807) is 12.1 Å². The zero-order valence-corrected chi connectivity index (χ0v) is 16.1. The summed E-state index contributed by atoms with van der Waals surface area (Å²) in [5, 5.41) is 2.36. The first-order valence-electron chi connectivity index (χ1n) is 8.13. The fourth-order valence-corrected chi connectivity index (χ4v) is 5.39. The van der Waals surface area contributed by atoms with Crippen LogP contribution in [0, 0.1) is 0 Å². The van der Waals surface area contributed by atoms with Gasteiger partial charge in [-0.05, 0) is 37.1 Å². The highest BCUT2D eigenvalue weighted by Crippen LogP contribution is 2.35. The maximum absolute atomic E-state index is 13.0. The van der Waals surface area contributed by atoms with E-state index in [9.17, 15) is 22.8 Å². The first-order valence-corrected chi connectivity index (χ1v) is 10.6. The largest absolute Gasteiger partial charge is 0.381 e. The van der Waals surface area contributed by atoms with Crippen molar-refractivity contribution in [3.05, 3.63) is 24.3 Å². The van der Waals surface area contributed by atoms with Gasteiger partial charge >= 0.3 is 11.8 Å². The molecule has 1 fully saturated rings. The average Bonchev–Trinajstić information content (AvgIpc) is 2.65. The summed E-state index contributed by atoms with van der Waals surface area (Å²) in [7, 11) is -3.96. The van der Waals surface area contributed by atoms with Crippen LogP contribution in [0.25, 0.3) is 0 Å². The third-order valence-corrected chi connectivity index (χ3v) is 7.82. The quantitative estimate of drug-likeness (QED) is 0.298. The third kappa shape index (κ3) is 4.60. The molecule has 0 bridgehead atoms. The van der Waals surface area contributed by atoms with Crippen molar-refractivity contribution in [2.75, 3.05) is 25.5 Å². The first kappa shape index (κ1) is 21.2. The summed E-state index contributed by atoms with van der Waals surface area (Å²) in [6, 6.07) is 6.09. The summed E-state index contributed by atoms with van der Waals surface area (Å²) in [5.41, 5.74) is 10.3. The average molecular weight is 415 g/mol. The van der Waals surface area contributed by atoms with Gasteiger partial charge < -0.3 is 21.5 Å². The van der Waals surface area contributed by atoms with Crippen LogP contribution in [-0.4, -0.2) is 56.4 Å². The van der Waals surface area contributed by atoms with Gasteiger partial charge in [0.25, 0.3) is 0 Å². The fraction of sp³-hybridized carbons (Fsp3) is 0.438. The molecular formula is C16H21N3O6S2. The van der Waals surface area contributed by atoms with Crippen LogP contribution in [0.2, 0.25) is 0 Å². The second-order valence-electron chi connectivity index (χ2n) is 5.91. The molecule has 11 heteroatoms. The molecule has 0 aromatic heterocycles. The molecule has 0 aliphatic carbocycles. The molecule has 1 heterocycles. The Hall–Kier alpha value is -2.11. The lowest BCUT2D eigenvalue weighted by Gasteiger charge is -2.33. The van der Waals surface area contributed by atoms with E-state index in [0.717, 1.165) is 4.90 Å². The van der Waals surface area contributed by atoms with E-state index >= 15 is 0 Å². The number of ether oxygens (including phenoxy) is 1. The summed E-state index contributed by atoms with van der Waals surface area (Å²) in [6.07, 6.45) is 0.0570. The molecule has 27 heavy (non-hydrogen) atoms. The summed E-state index contributed by atoms with van der Waals surface area (Å²) in [5.74, 6) is -2.31. The number of nitrogens with two attached hydrogens (primary N) is 2. The lowest BCUT2D eigenvalue weighted by Crippen LogP contribution is -2.53. The van der Waals surface area contributed by atoms with Crippen molar-refractivity contribution >= 4 is 39.3 Å². The first-order chi connectivity index (χ1) is 12.7. The van der Waals surface area contributed by atoms with Crippen LogP contribution in [0.4, 0.5) is 0 Å². The van der Waals surface area contributed by atoms with Crippen LogP contribution >= 0.6 is 11.8 Å². The summed E-state index contributed by atoms with van der Waals surface area (Å²) >= 11 is 1.36. The van der Waals surface area contributed by atoms with Crippen LogP contribution in [-0.2, 0) is 29.0 Å². The van der Waals surface area contributed by atoms with Crippen molar-refractivity contribution < 1.29 is 27.5 Å². The summed E-state index contributed by atoms with van der Waals surface area (Å²) < 4.78 is 29.5. The summed E-state index contributed by atoms with van der Waals surface area (Å²) in [6.45, 7) is 0.553. The van der Waals surface area contributed by atoms with Crippen LogP contribution in [0.5, 0.6) is 0 Å². The number of hydrogen-bond acceptors (Lipinski definition) is 7. The van der Waals surface area contributed by atoms with Gasteiger partial charge in [-0.1, -0.05) is 0 Å². The molecule has 1 aromatic rings. The number of hydrogen-bond donors (Lipinski definition) is 3. The van der Waals surface area contributed by atoms with E-state index in [1.165, 1.54) is 23.9 Å². The molecule has 0 spiro atoms. The van der Waals surface area contributed by atoms with E-state index in [-0.39, 0.29) is 37.5 Å².